The quantitative estimate of drug-likeness (QED) is 0.791. The molecule has 5 heteroatoms. The molecule has 0 atom stereocenters. The van der Waals surface area contributed by atoms with E-state index >= 15 is 0 Å². The highest BCUT2D eigenvalue weighted by Crippen LogP contribution is 2.39. The van der Waals surface area contributed by atoms with Gasteiger partial charge in [0.1, 0.15) is 0 Å². The Kier molecular flexibility index (Phi) is 3.55. The molecule has 0 aliphatic carbocycles. The first kappa shape index (κ1) is 13.1. The van der Waals surface area contributed by atoms with E-state index in [1.165, 1.54) is 6.92 Å². The maximum Gasteiger partial charge on any atom is 0.168 e. The Hall–Kier alpha value is -2.30. The van der Waals surface area contributed by atoms with Crippen LogP contribution < -0.4 is 9.47 Å². The topological polar surface area (TPSA) is 53.3 Å². The van der Waals surface area contributed by atoms with Crippen molar-refractivity contribution in [3.63, 3.8) is 0 Å². The van der Waals surface area contributed by atoms with E-state index in [9.17, 15) is 4.79 Å². The van der Waals surface area contributed by atoms with Crippen molar-refractivity contribution in [2.24, 2.45) is 7.05 Å². The number of rotatable bonds is 4. The molecule has 0 bridgehead atoms. The van der Waals surface area contributed by atoms with Crippen molar-refractivity contribution in [3.05, 3.63) is 30.1 Å². The first-order chi connectivity index (χ1) is 9.06. The average Bonchev–Trinajstić information content (AvgIpc) is 2.83. The van der Waals surface area contributed by atoms with Crippen LogP contribution in [0.1, 0.15) is 17.3 Å². The summed E-state index contributed by atoms with van der Waals surface area (Å²) in [6.45, 7) is 1.52. The molecular formula is C14H16N2O3. The monoisotopic (exact) mass is 260 g/mol. The normalized spacial score (nSPS) is 10.3. The minimum atomic E-state index is -0.0221. The molecule has 0 saturated heterocycles. The van der Waals surface area contributed by atoms with Crippen molar-refractivity contribution in [1.82, 2.24) is 9.78 Å². The van der Waals surface area contributed by atoms with Crippen LogP contribution in [-0.4, -0.2) is 29.8 Å². The lowest BCUT2D eigenvalue weighted by Crippen LogP contribution is -1.98. The van der Waals surface area contributed by atoms with E-state index in [4.69, 9.17) is 9.47 Å². The van der Waals surface area contributed by atoms with Crippen LogP contribution in [0.2, 0.25) is 0 Å². The Morgan fingerprint density at radius 3 is 2.47 bits per heavy atom. The van der Waals surface area contributed by atoms with Gasteiger partial charge in [-0.05, 0) is 19.1 Å². The smallest absolute Gasteiger partial charge is 0.168 e. The zero-order valence-electron chi connectivity index (χ0n) is 11.4. The summed E-state index contributed by atoms with van der Waals surface area (Å²) >= 11 is 0. The molecule has 1 heterocycles. The first-order valence-electron chi connectivity index (χ1n) is 5.82. The van der Waals surface area contributed by atoms with Crippen LogP contribution >= 0.6 is 0 Å². The number of carbonyl (C=O) groups excluding carboxylic acids is 1. The van der Waals surface area contributed by atoms with Gasteiger partial charge in [0, 0.05) is 29.9 Å². The van der Waals surface area contributed by atoms with Crippen LogP contribution in [0.5, 0.6) is 11.5 Å². The lowest BCUT2D eigenvalue weighted by molar-refractivity contribution is 0.101. The van der Waals surface area contributed by atoms with Gasteiger partial charge in [0.15, 0.2) is 17.3 Å². The summed E-state index contributed by atoms with van der Waals surface area (Å²) in [4.78, 5) is 11.6. The summed E-state index contributed by atoms with van der Waals surface area (Å²) in [5, 5.41) is 4.13. The second kappa shape index (κ2) is 5.14. The number of nitrogens with zero attached hydrogens (tertiary/aromatic N) is 2. The molecule has 0 fully saturated rings. The number of ketones is 1. The molecule has 0 amide bonds. The summed E-state index contributed by atoms with van der Waals surface area (Å²) in [6.07, 6.45) is 3.59. The van der Waals surface area contributed by atoms with Gasteiger partial charge in [0.05, 0.1) is 20.4 Å². The molecule has 1 aromatic heterocycles. The lowest BCUT2D eigenvalue weighted by atomic mass is 10.0. The third-order valence-corrected chi connectivity index (χ3v) is 2.90. The Labute approximate surface area is 111 Å². The van der Waals surface area contributed by atoms with Gasteiger partial charge in [-0.2, -0.15) is 5.10 Å². The van der Waals surface area contributed by atoms with Gasteiger partial charge < -0.3 is 9.47 Å². The highest BCUT2D eigenvalue weighted by Gasteiger charge is 2.16. The van der Waals surface area contributed by atoms with E-state index < -0.39 is 0 Å². The standard InChI is InChI=1S/C14H16N2O3/c1-9(17)10-5-12(11-7-15-16(2)8-11)14(19-4)13(6-10)18-3/h5-8H,1-4H3. The maximum atomic E-state index is 11.6. The predicted octanol–water partition coefficient (Wildman–Crippen LogP) is 2.31. The minimum Gasteiger partial charge on any atom is -0.493 e. The molecule has 0 radical (unpaired) electrons. The van der Waals surface area contributed by atoms with Gasteiger partial charge in [-0.3, -0.25) is 9.48 Å². The number of hydrogen-bond donors (Lipinski definition) is 0. The average molecular weight is 260 g/mol. The molecule has 100 valence electrons. The van der Waals surface area contributed by atoms with Crippen molar-refractivity contribution >= 4 is 5.78 Å². The Bertz CT molecular complexity index is 617. The number of carbonyl (C=O) groups is 1. The van der Waals surface area contributed by atoms with Gasteiger partial charge in [-0.15, -0.1) is 0 Å². The van der Waals surface area contributed by atoms with Crippen LogP contribution in [0.25, 0.3) is 11.1 Å². The highest BCUT2D eigenvalue weighted by molar-refractivity contribution is 5.97. The molecule has 2 rings (SSSR count). The molecule has 0 aliphatic rings. The number of aryl methyl sites for hydroxylation is 1. The fourth-order valence-corrected chi connectivity index (χ4v) is 1.94. The zero-order chi connectivity index (χ0) is 14.0. The second-order valence-corrected chi connectivity index (χ2v) is 4.22. The number of methoxy groups -OCH3 is 2. The van der Waals surface area contributed by atoms with E-state index in [2.05, 4.69) is 5.10 Å². The summed E-state index contributed by atoms with van der Waals surface area (Å²) in [5.41, 5.74) is 2.25. The third-order valence-electron chi connectivity index (χ3n) is 2.90. The predicted molar refractivity (Wildman–Crippen MR) is 71.8 cm³/mol. The van der Waals surface area contributed by atoms with Gasteiger partial charge in [-0.1, -0.05) is 0 Å². The van der Waals surface area contributed by atoms with Crippen molar-refractivity contribution in [3.8, 4) is 22.6 Å². The third kappa shape index (κ3) is 2.45. The maximum absolute atomic E-state index is 11.6. The number of hydrogen-bond acceptors (Lipinski definition) is 4. The SMILES string of the molecule is COc1cc(C(C)=O)cc(-c2cnn(C)c2)c1OC. The van der Waals surface area contributed by atoms with E-state index in [0.29, 0.717) is 17.1 Å². The molecule has 0 N–H and O–H groups in total. The second-order valence-electron chi connectivity index (χ2n) is 4.22. The van der Waals surface area contributed by atoms with E-state index in [1.807, 2.05) is 13.2 Å². The number of aromatic nitrogens is 2. The summed E-state index contributed by atoms with van der Waals surface area (Å²) < 4.78 is 12.4. The van der Waals surface area contributed by atoms with Gasteiger partial charge in [0.2, 0.25) is 0 Å². The minimum absolute atomic E-state index is 0.0221. The van der Waals surface area contributed by atoms with Gasteiger partial charge in [0.25, 0.3) is 0 Å². The Morgan fingerprint density at radius 2 is 2.00 bits per heavy atom. The van der Waals surface area contributed by atoms with Crippen LogP contribution in [-0.2, 0) is 7.05 Å². The molecule has 0 unspecified atom stereocenters. The number of benzene rings is 1. The lowest BCUT2D eigenvalue weighted by Gasteiger charge is -2.13. The van der Waals surface area contributed by atoms with Crippen LogP contribution in [0.3, 0.4) is 0 Å². The molecule has 5 nitrogen and oxygen atoms in total. The highest BCUT2D eigenvalue weighted by atomic mass is 16.5. The van der Waals surface area contributed by atoms with E-state index in [0.717, 1.165) is 11.1 Å². The van der Waals surface area contributed by atoms with Gasteiger partial charge >= 0.3 is 0 Å². The Balaban J connectivity index is 2.69. The van der Waals surface area contributed by atoms with Crippen LogP contribution in [0.4, 0.5) is 0 Å². The van der Waals surface area contributed by atoms with Crippen molar-refractivity contribution < 1.29 is 14.3 Å². The van der Waals surface area contributed by atoms with E-state index in [-0.39, 0.29) is 5.78 Å². The molecule has 0 spiro atoms. The molecule has 2 aromatic rings. The fourth-order valence-electron chi connectivity index (χ4n) is 1.94. The summed E-state index contributed by atoms with van der Waals surface area (Å²) in [7, 11) is 4.96. The summed E-state index contributed by atoms with van der Waals surface area (Å²) in [5.74, 6) is 1.11. The first-order valence-corrected chi connectivity index (χ1v) is 5.82. The molecular weight excluding hydrogens is 244 g/mol. The van der Waals surface area contributed by atoms with Crippen molar-refractivity contribution in [1.29, 1.82) is 0 Å². The fraction of sp³-hybridized carbons (Fsp3) is 0.286. The largest absolute Gasteiger partial charge is 0.493 e. The molecule has 1 aromatic carbocycles. The Morgan fingerprint density at radius 1 is 1.26 bits per heavy atom. The molecule has 0 saturated carbocycles. The van der Waals surface area contributed by atoms with Crippen molar-refractivity contribution in [2.75, 3.05) is 14.2 Å². The summed E-state index contributed by atoms with van der Waals surface area (Å²) in [6, 6.07) is 3.47. The van der Waals surface area contributed by atoms with Crippen LogP contribution in [0, 0.1) is 0 Å². The van der Waals surface area contributed by atoms with Crippen LogP contribution in [0.15, 0.2) is 24.5 Å². The van der Waals surface area contributed by atoms with E-state index in [1.54, 1.807) is 37.2 Å². The number of ether oxygens (including phenoxy) is 2. The van der Waals surface area contributed by atoms with Gasteiger partial charge in [-0.25, -0.2) is 0 Å². The molecule has 19 heavy (non-hydrogen) atoms. The number of Topliss-reactive ketones (excluding diaryl/α,β-unsaturated/α-hetero) is 1. The zero-order valence-corrected chi connectivity index (χ0v) is 11.4. The van der Waals surface area contributed by atoms with Crippen molar-refractivity contribution in [2.45, 2.75) is 6.92 Å². The molecule has 0 aliphatic heterocycles.